The van der Waals surface area contributed by atoms with Crippen LogP contribution in [0, 0.1) is 46.3 Å². The Morgan fingerprint density at radius 2 is 1.93 bits per heavy atom. The predicted octanol–water partition coefficient (Wildman–Crippen LogP) is 4.80. The van der Waals surface area contributed by atoms with E-state index in [0.717, 1.165) is 30.8 Å². The van der Waals surface area contributed by atoms with Crippen molar-refractivity contribution < 1.29 is 14.3 Å². The Balaban J connectivity index is 1.57. The molecule has 0 aromatic heterocycles. The lowest BCUT2D eigenvalue weighted by Crippen LogP contribution is -2.67. The fourth-order valence-corrected chi connectivity index (χ4v) is 9.75. The Kier molecular flexibility index (Phi) is 2.43. The van der Waals surface area contributed by atoms with Gasteiger partial charge in [-0.15, -0.1) is 0 Å². The average Bonchev–Trinajstić information content (AvgIpc) is 3.26. The van der Waals surface area contributed by atoms with Crippen molar-refractivity contribution in [3.63, 3.8) is 0 Å². The molecule has 28 heavy (non-hydrogen) atoms. The highest BCUT2D eigenvalue weighted by molar-refractivity contribution is 5.94. The molecule has 2 spiro atoms. The minimum Gasteiger partial charge on any atom is -0.495 e. The molecule has 0 radical (unpaired) electrons. The molecule has 3 nitrogen and oxygen atoms in total. The third-order valence-corrected chi connectivity index (χ3v) is 10.8. The van der Waals surface area contributed by atoms with Gasteiger partial charge >= 0.3 is 5.97 Å². The number of allylic oxidation sites excluding steroid dienone is 2. The molecule has 5 aliphatic carbocycles. The SMILES string of the molecule is C=C1C2CC2C2(C)C1CC13C4=COC(C)(C)C1CC1C(C)=CCC2C13OC4=O. The molecule has 0 aromatic rings. The maximum atomic E-state index is 13.3. The number of carbonyl (C=O) groups excluding carboxylic acids is 1. The first kappa shape index (κ1) is 16.3. The average molecular weight is 379 g/mol. The second-order valence-corrected chi connectivity index (χ2v) is 11.6. The molecule has 0 aromatic carbocycles. The lowest BCUT2D eigenvalue weighted by Gasteiger charge is -2.63. The van der Waals surface area contributed by atoms with Gasteiger partial charge in [0.05, 0.1) is 17.3 Å². The number of rotatable bonds is 0. The summed E-state index contributed by atoms with van der Waals surface area (Å²) in [6, 6.07) is 0. The van der Waals surface area contributed by atoms with Gasteiger partial charge in [0.2, 0.25) is 0 Å². The molecule has 0 amide bonds. The van der Waals surface area contributed by atoms with E-state index in [-0.39, 0.29) is 28.0 Å². The van der Waals surface area contributed by atoms with Crippen LogP contribution in [0.3, 0.4) is 0 Å². The fourth-order valence-electron chi connectivity index (χ4n) is 9.75. The normalized spacial score (nSPS) is 58.6. The summed E-state index contributed by atoms with van der Waals surface area (Å²) >= 11 is 0. The lowest BCUT2D eigenvalue weighted by atomic mass is 9.41. The first-order chi connectivity index (χ1) is 13.2. The van der Waals surface area contributed by atoms with Crippen LogP contribution in [0.15, 0.2) is 35.6 Å². The summed E-state index contributed by atoms with van der Waals surface area (Å²) in [7, 11) is 0. The number of esters is 1. The van der Waals surface area contributed by atoms with Gasteiger partial charge < -0.3 is 9.47 Å². The number of fused-ring (bicyclic) bond motifs is 4. The molecule has 9 unspecified atom stereocenters. The Morgan fingerprint density at radius 3 is 2.71 bits per heavy atom. The van der Waals surface area contributed by atoms with E-state index in [1.165, 1.54) is 17.6 Å². The van der Waals surface area contributed by atoms with Crippen LogP contribution in [0.5, 0.6) is 0 Å². The van der Waals surface area contributed by atoms with Crippen molar-refractivity contribution in [2.45, 2.75) is 64.6 Å². The van der Waals surface area contributed by atoms with Crippen molar-refractivity contribution in [3.8, 4) is 0 Å². The number of carbonyl (C=O) groups is 1. The van der Waals surface area contributed by atoms with Gasteiger partial charge in [-0.3, -0.25) is 0 Å². The topological polar surface area (TPSA) is 35.5 Å². The summed E-state index contributed by atoms with van der Waals surface area (Å²) < 4.78 is 12.8. The third kappa shape index (κ3) is 1.29. The zero-order valence-electron chi connectivity index (χ0n) is 17.4. The van der Waals surface area contributed by atoms with Gasteiger partial charge in [-0.2, -0.15) is 0 Å². The molecule has 0 N–H and O–H groups in total. The van der Waals surface area contributed by atoms with E-state index in [9.17, 15) is 4.79 Å². The van der Waals surface area contributed by atoms with Crippen molar-refractivity contribution in [1.82, 2.24) is 0 Å². The Morgan fingerprint density at radius 1 is 1.14 bits per heavy atom. The summed E-state index contributed by atoms with van der Waals surface area (Å²) in [5, 5.41) is 0. The fraction of sp³-hybridized carbons (Fsp3) is 0.720. The highest BCUT2D eigenvalue weighted by Crippen LogP contribution is 2.85. The van der Waals surface area contributed by atoms with E-state index in [2.05, 4.69) is 40.3 Å². The molecule has 1 saturated heterocycles. The largest absolute Gasteiger partial charge is 0.495 e. The molecule has 7 aliphatic rings. The van der Waals surface area contributed by atoms with Crippen LogP contribution in [-0.4, -0.2) is 17.2 Å². The predicted molar refractivity (Wildman–Crippen MR) is 105 cm³/mol. The minimum atomic E-state index is -0.372. The molecule has 2 aliphatic heterocycles. The molecule has 148 valence electrons. The Bertz CT molecular complexity index is 939. The van der Waals surface area contributed by atoms with E-state index in [1.54, 1.807) is 6.26 Å². The maximum absolute atomic E-state index is 13.3. The monoisotopic (exact) mass is 378 g/mol. The second-order valence-electron chi connectivity index (χ2n) is 11.6. The van der Waals surface area contributed by atoms with Gasteiger partial charge in [-0.1, -0.05) is 30.7 Å². The first-order valence-corrected chi connectivity index (χ1v) is 11.2. The van der Waals surface area contributed by atoms with E-state index in [0.29, 0.717) is 29.6 Å². The Hall–Kier alpha value is -1.51. The standard InChI is InChI=1S/C25H30O3/c1-12-6-7-19-23(5)16-8-14(16)13(2)17(23)10-24-18-11-27-22(3,4)20(24)9-15(12)25(19,24)28-21(18)26/h6,11,14-17,19-20H,2,7-10H2,1,3-5H3. The molecule has 5 fully saturated rings. The number of ether oxygens (including phenoxy) is 2. The smallest absolute Gasteiger partial charge is 0.338 e. The van der Waals surface area contributed by atoms with Crippen LogP contribution in [0.2, 0.25) is 0 Å². The van der Waals surface area contributed by atoms with Crippen LogP contribution in [0.1, 0.15) is 53.4 Å². The highest BCUT2D eigenvalue weighted by atomic mass is 16.6. The molecule has 7 rings (SSSR count). The van der Waals surface area contributed by atoms with Crippen LogP contribution < -0.4 is 0 Å². The summed E-state index contributed by atoms with van der Waals surface area (Å²) in [5.74, 6) is 2.90. The third-order valence-electron chi connectivity index (χ3n) is 10.8. The summed E-state index contributed by atoms with van der Waals surface area (Å²) in [5.41, 5.74) is 3.11. The van der Waals surface area contributed by atoms with Gasteiger partial charge in [0.15, 0.2) is 0 Å². The van der Waals surface area contributed by atoms with E-state index >= 15 is 0 Å². The highest BCUT2D eigenvalue weighted by Gasteiger charge is 2.86. The van der Waals surface area contributed by atoms with Gasteiger partial charge in [0, 0.05) is 17.8 Å². The van der Waals surface area contributed by atoms with Crippen LogP contribution in [0.25, 0.3) is 0 Å². The molecule has 9 atom stereocenters. The first-order valence-electron chi connectivity index (χ1n) is 11.2. The Labute approximate surface area is 167 Å². The number of hydrogen-bond acceptors (Lipinski definition) is 3. The summed E-state index contributed by atoms with van der Waals surface area (Å²) in [6.07, 6.45) is 8.71. The van der Waals surface area contributed by atoms with Gasteiger partial charge in [0.25, 0.3) is 0 Å². The quantitative estimate of drug-likeness (QED) is 0.449. The summed E-state index contributed by atoms with van der Waals surface area (Å²) in [4.78, 5) is 13.3. The lowest BCUT2D eigenvalue weighted by molar-refractivity contribution is -0.214. The molecule has 4 saturated carbocycles. The second kappa shape index (κ2) is 4.18. The van der Waals surface area contributed by atoms with E-state index in [4.69, 9.17) is 9.47 Å². The molecule has 2 heterocycles. The molecular weight excluding hydrogens is 348 g/mol. The van der Waals surface area contributed by atoms with Crippen LogP contribution in [-0.2, 0) is 14.3 Å². The molecular formula is C25H30O3. The van der Waals surface area contributed by atoms with Gasteiger partial charge in [-0.05, 0) is 69.6 Å². The van der Waals surface area contributed by atoms with E-state index < -0.39 is 0 Å². The van der Waals surface area contributed by atoms with E-state index in [1.807, 2.05) is 0 Å². The van der Waals surface area contributed by atoms with Gasteiger partial charge in [-0.25, -0.2) is 4.79 Å². The van der Waals surface area contributed by atoms with Crippen molar-refractivity contribution >= 4 is 5.97 Å². The van der Waals surface area contributed by atoms with Crippen molar-refractivity contribution in [1.29, 1.82) is 0 Å². The van der Waals surface area contributed by atoms with Crippen molar-refractivity contribution in [2.75, 3.05) is 0 Å². The maximum Gasteiger partial charge on any atom is 0.338 e. The zero-order valence-corrected chi connectivity index (χ0v) is 17.4. The van der Waals surface area contributed by atoms with Crippen molar-refractivity contribution in [2.24, 2.45) is 46.3 Å². The summed E-state index contributed by atoms with van der Waals surface area (Å²) in [6.45, 7) is 13.8. The van der Waals surface area contributed by atoms with Gasteiger partial charge in [0.1, 0.15) is 11.2 Å². The van der Waals surface area contributed by atoms with Crippen LogP contribution >= 0.6 is 0 Å². The van der Waals surface area contributed by atoms with Crippen LogP contribution in [0.4, 0.5) is 0 Å². The molecule has 0 bridgehead atoms. The zero-order chi connectivity index (χ0) is 19.4. The minimum absolute atomic E-state index is 0.105. The van der Waals surface area contributed by atoms with Crippen molar-refractivity contribution in [3.05, 3.63) is 35.6 Å². The molecule has 3 heteroatoms. The number of hydrogen-bond donors (Lipinski definition) is 0.